The Labute approximate surface area is 153 Å². The average molecular weight is 385 g/mol. The molecule has 0 bridgehead atoms. The molecule has 138 valence electrons. The zero-order valence-electron chi connectivity index (χ0n) is 14.0. The molecule has 2 N–H and O–H groups in total. The summed E-state index contributed by atoms with van der Waals surface area (Å²) >= 11 is 5.58. The molecule has 0 heterocycles. The van der Waals surface area contributed by atoms with Crippen LogP contribution < -0.4 is 10.6 Å². The van der Waals surface area contributed by atoms with Crippen molar-refractivity contribution in [3.63, 3.8) is 0 Å². The highest BCUT2D eigenvalue weighted by molar-refractivity contribution is 6.30. The van der Waals surface area contributed by atoms with E-state index >= 15 is 0 Å². The molecular weight excluding hydrogens is 369 g/mol. The van der Waals surface area contributed by atoms with Gasteiger partial charge in [0.15, 0.2) is 0 Å². The highest BCUT2D eigenvalue weighted by Gasteiger charge is 2.34. The van der Waals surface area contributed by atoms with Gasteiger partial charge in [-0.15, -0.1) is 0 Å². The number of hydrogen-bond donors (Lipinski definition) is 2. The quantitative estimate of drug-likeness (QED) is 0.823. The maximum absolute atomic E-state index is 13.0. The fraction of sp³-hybridized carbons (Fsp3) is 0.222. The van der Waals surface area contributed by atoms with Crippen LogP contribution in [-0.2, 0) is 11.0 Å². The first-order valence-electron chi connectivity index (χ1n) is 7.60. The highest BCUT2D eigenvalue weighted by Crippen LogP contribution is 2.36. The summed E-state index contributed by atoms with van der Waals surface area (Å²) in [6.45, 7) is 3.28. The first kappa shape index (κ1) is 19.8. The lowest BCUT2D eigenvalue weighted by Crippen LogP contribution is -2.33. The van der Waals surface area contributed by atoms with Gasteiger partial charge in [0.05, 0.1) is 17.8 Å². The fourth-order valence-electron chi connectivity index (χ4n) is 2.20. The Balaban J connectivity index is 2.03. The number of rotatable bonds is 4. The number of hydrogen-bond acceptors (Lipinski definition) is 2. The van der Waals surface area contributed by atoms with Crippen molar-refractivity contribution in [1.82, 2.24) is 5.32 Å². The largest absolute Gasteiger partial charge is 0.418 e. The van der Waals surface area contributed by atoms with E-state index in [0.29, 0.717) is 5.56 Å². The summed E-state index contributed by atoms with van der Waals surface area (Å²) in [5.74, 6) is -1.27. The molecular formula is C18H16ClF3N2O2. The fourth-order valence-corrected chi connectivity index (χ4v) is 2.37. The van der Waals surface area contributed by atoms with Crippen molar-refractivity contribution in [3.05, 3.63) is 63.7 Å². The Kier molecular flexibility index (Phi) is 5.92. The van der Waals surface area contributed by atoms with E-state index in [1.165, 1.54) is 6.07 Å². The van der Waals surface area contributed by atoms with Crippen molar-refractivity contribution in [2.24, 2.45) is 0 Å². The second-order valence-electron chi connectivity index (χ2n) is 5.72. The topological polar surface area (TPSA) is 58.2 Å². The summed E-state index contributed by atoms with van der Waals surface area (Å²) in [6.07, 6.45) is -4.67. The normalized spacial score (nSPS) is 11.2. The van der Waals surface area contributed by atoms with Gasteiger partial charge >= 0.3 is 6.18 Å². The summed E-state index contributed by atoms with van der Waals surface area (Å²) in [4.78, 5) is 24.0. The van der Waals surface area contributed by atoms with Crippen LogP contribution in [0.1, 0.15) is 27.0 Å². The minimum atomic E-state index is -4.67. The minimum absolute atomic E-state index is 0.0987. The SMILES string of the molecule is Cc1ccc(C(=O)NCC(=O)Nc2ccc(Cl)cc2C(F)(F)F)cc1C. The molecule has 0 aliphatic heterocycles. The standard InChI is InChI=1S/C18H16ClF3N2O2/c1-10-3-4-12(7-11(10)2)17(26)23-9-16(25)24-15-6-5-13(19)8-14(15)18(20,21)22/h3-8H,9H2,1-2H3,(H,23,26)(H,24,25). The summed E-state index contributed by atoms with van der Waals surface area (Å²) in [5, 5.41) is 4.42. The van der Waals surface area contributed by atoms with Crippen molar-refractivity contribution in [3.8, 4) is 0 Å². The third-order valence-corrected chi connectivity index (χ3v) is 3.97. The van der Waals surface area contributed by atoms with Crippen LogP contribution in [0.3, 0.4) is 0 Å². The van der Waals surface area contributed by atoms with Crippen LogP contribution in [0.4, 0.5) is 18.9 Å². The van der Waals surface area contributed by atoms with Gasteiger partial charge in [-0.3, -0.25) is 9.59 Å². The van der Waals surface area contributed by atoms with Crippen molar-refractivity contribution < 1.29 is 22.8 Å². The molecule has 2 rings (SSSR count). The number of nitrogens with one attached hydrogen (secondary N) is 2. The van der Waals surface area contributed by atoms with Gasteiger partial charge < -0.3 is 10.6 Å². The van der Waals surface area contributed by atoms with Crippen molar-refractivity contribution in [2.45, 2.75) is 20.0 Å². The number of benzene rings is 2. The Morgan fingerprint density at radius 1 is 1.04 bits per heavy atom. The van der Waals surface area contributed by atoms with Crippen molar-refractivity contribution >= 4 is 29.1 Å². The van der Waals surface area contributed by atoms with E-state index in [1.54, 1.807) is 18.2 Å². The number of aryl methyl sites for hydroxylation is 2. The number of carbonyl (C=O) groups excluding carboxylic acids is 2. The smallest absolute Gasteiger partial charge is 0.343 e. The molecule has 0 spiro atoms. The van der Waals surface area contributed by atoms with Gasteiger partial charge in [0.25, 0.3) is 5.91 Å². The van der Waals surface area contributed by atoms with Crippen LogP contribution in [0.2, 0.25) is 5.02 Å². The maximum Gasteiger partial charge on any atom is 0.418 e. The summed E-state index contributed by atoms with van der Waals surface area (Å²) in [6, 6.07) is 8.08. The molecule has 0 saturated heterocycles. The number of anilines is 1. The second-order valence-corrected chi connectivity index (χ2v) is 6.15. The monoisotopic (exact) mass is 384 g/mol. The average Bonchev–Trinajstić information content (AvgIpc) is 2.56. The molecule has 2 aromatic carbocycles. The van der Waals surface area contributed by atoms with E-state index in [-0.39, 0.29) is 5.02 Å². The molecule has 2 aromatic rings. The zero-order valence-corrected chi connectivity index (χ0v) is 14.8. The van der Waals surface area contributed by atoms with Gasteiger partial charge in [-0.2, -0.15) is 13.2 Å². The molecule has 0 aliphatic rings. The van der Waals surface area contributed by atoms with Gasteiger partial charge in [0.2, 0.25) is 5.91 Å². The Morgan fingerprint density at radius 3 is 2.35 bits per heavy atom. The molecule has 26 heavy (non-hydrogen) atoms. The maximum atomic E-state index is 13.0. The van der Waals surface area contributed by atoms with E-state index in [2.05, 4.69) is 10.6 Å². The third kappa shape index (κ3) is 4.98. The predicted octanol–water partition coefficient (Wildman–Crippen LogP) is 4.34. The molecule has 8 heteroatoms. The van der Waals surface area contributed by atoms with Crippen LogP contribution in [0.5, 0.6) is 0 Å². The molecule has 4 nitrogen and oxygen atoms in total. The molecule has 0 saturated carbocycles. The number of carbonyl (C=O) groups is 2. The first-order chi connectivity index (χ1) is 12.1. The molecule has 0 aromatic heterocycles. The Hall–Kier alpha value is -2.54. The molecule has 0 unspecified atom stereocenters. The van der Waals surface area contributed by atoms with Gasteiger partial charge in [-0.25, -0.2) is 0 Å². The lowest BCUT2D eigenvalue weighted by Gasteiger charge is -2.14. The van der Waals surface area contributed by atoms with Crippen LogP contribution in [0.15, 0.2) is 36.4 Å². The second kappa shape index (κ2) is 7.78. The summed E-state index contributed by atoms with van der Waals surface area (Å²) in [5.41, 5.74) is 0.814. The van der Waals surface area contributed by atoms with E-state index < -0.39 is 35.8 Å². The minimum Gasteiger partial charge on any atom is -0.343 e. The number of alkyl halides is 3. The first-order valence-corrected chi connectivity index (χ1v) is 7.98. The Morgan fingerprint density at radius 2 is 1.73 bits per heavy atom. The van der Waals surface area contributed by atoms with Crippen molar-refractivity contribution in [2.75, 3.05) is 11.9 Å². The van der Waals surface area contributed by atoms with E-state index in [1.807, 2.05) is 13.8 Å². The Bertz CT molecular complexity index is 851. The van der Waals surface area contributed by atoms with Gasteiger partial charge in [0.1, 0.15) is 0 Å². The summed E-state index contributed by atoms with van der Waals surface area (Å²) < 4.78 is 39.0. The zero-order chi connectivity index (χ0) is 19.5. The lowest BCUT2D eigenvalue weighted by molar-refractivity contribution is -0.137. The van der Waals surface area contributed by atoms with E-state index in [9.17, 15) is 22.8 Å². The third-order valence-electron chi connectivity index (χ3n) is 3.74. The predicted molar refractivity (Wildman–Crippen MR) is 93.3 cm³/mol. The molecule has 0 aliphatic carbocycles. The lowest BCUT2D eigenvalue weighted by atomic mass is 10.1. The molecule has 2 amide bonds. The van der Waals surface area contributed by atoms with Crippen LogP contribution in [-0.4, -0.2) is 18.4 Å². The highest BCUT2D eigenvalue weighted by atomic mass is 35.5. The van der Waals surface area contributed by atoms with Crippen LogP contribution in [0.25, 0.3) is 0 Å². The summed E-state index contributed by atoms with van der Waals surface area (Å²) in [7, 11) is 0. The van der Waals surface area contributed by atoms with Gasteiger partial charge in [-0.05, 0) is 55.3 Å². The van der Waals surface area contributed by atoms with Gasteiger partial charge in [-0.1, -0.05) is 17.7 Å². The molecule has 0 fully saturated rings. The van der Waals surface area contributed by atoms with Crippen molar-refractivity contribution in [1.29, 1.82) is 0 Å². The molecule has 0 atom stereocenters. The van der Waals surface area contributed by atoms with E-state index in [0.717, 1.165) is 23.3 Å². The molecule has 0 radical (unpaired) electrons. The van der Waals surface area contributed by atoms with Crippen LogP contribution >= 0.6 is 11.6 Å². The number of halogens is 4. The number of amides is 2. The van der Waals surface area contributed by atoms with Crippen LogP contribution in [0, 0.1) is 13.8 Å². The van der Waals surface area contributed by atoms with Gasteiger partial charge in [0, 0.05) is 10.6 Å². The van der Waals surface area contributed by atoms with E-state index in [4.69, 9.17) is 11.6 Å².